The van der Waals surface area contributed by atoms with Gasteiger partial charge in [0.25, 0.3) is 10.5 Å². The fraction of sp³-hybridized carbons (Fsp3) is 0.222. The van der Waals surface area contributed by atoms with Crippen LogP contribution in [0.15, 0.2) is 54.6 Å². The number of benzene rings is 2. The minimum atomic E-state index is -0.766. The third-order valence-corrected chi connectivity index (χ3v) is 2.94. The summed E-state index contributed by atoms with van der Waals surface area (Å²) in [5, 5.41) is -1.17. The van der Waals surface area contributed by atoms with Crippen LogP contribution in [0.3, 0.4) is 0 Å². The van der Waals surface area contributed by atoms with Gasteiger partial charge in [-0.3, -0.25) is 20.9 Å². The highest BCUT2D eigenvalue weighted by Crippen LogP contribution is 2.08. The summed E-state index contributed by atoms with van der Waals surface area (Å²) in [5.74, 6) is 4.47. The molecule has 0 saturated heterocycles. The second-order valence-corrected chi connectivity index (χ2v) is 6.47. The van der Waals surface area contributed by atoms with Gasteiger partial charge in [-0.05, 0) is 56.1 Å². The maximum Gasteiger partial charge on any atom is 0.255 e. The highest BCUT2D eigenvalue weighted by Gasteiger charge is 2.05. The minimum absolute atomic E-state index is 0. The molecule has 0 spiro atoms. The zero-order valence-corrected chi connectivity index (χ0v) is 17.0. The van der Waals surface area contributed by atoms with E-state index in [4.69, 9.17) is 29.0 Å². The fourth-order valence-electron chi connectivity index (χ4n) is 1.19. The van der Waals surface area contributed by atoms with Gasteiger partial charge < -0.3 is 0 Å². The second-order valence-electron chi connectivity index (χ2n) is 5.79. The summed E-state index contributed by atoms with van der Waals surface area (Å²) in [5.41, 5.74) is 3.14. The Morgan fingerprint density at radius 2 is 1.35 bits per heavy atom. The van der Waals surface area contributed by atoms with Crippen LogP contribution in [0, 0.1) is 5.82 Å². The van der Waals surface area contributed by atoms with E-state index in [0.717, 1.165) is 0 Å². The molecule has 8 heteroatoms. The van der Waals surface area contributed by atoms with Crippen LogP contribution in [0.1, 0.15) is 41.5 Å². The summed E-state index contributed by atoms with van der Waals surface area (Å²) in [7, 11) is 0. The van der Waals surface area contributed by atoms with Crippen LogP contribution in [-0.2, 0) is 0 Å². The molecule has 0 bridgehead atoms. The molecule has 0 aliphatic rings. The van der Waals surface area contributed by atoms with Crippen molar-refractivity contribution in [2.45, 2.75) is 26.3 Å². The predicted molar refractivity (Wildman–Crippen MR) is 108 cm³/mol. The van der Waals surface area contributed by atoms with Gasteiger partial charge in [0.05, 0.1) is 5.56 Å². The van der Waals surface area contributed by atoms with Crippen molar-refractivity contribution in [1.82, 2.24) is 5.43 Å². The molecule has 0 aliphatic heterocycles. The third kappa shape index (κ3) is 12.8. The highest BCUT2D eigenvalue weighted by molar-refractivity contribution is 6.68. The smallest absolute Gasteiger partial charge is 0.255 e. The van der Waals surface area contributed by atoms with Gasteiger partial charge in [0.2, 0.25) is 0 Å². The van der Waals surface area contributed by atoms with Crippen molar-refractivity contribution >= 4 is 46.1 Å². The second kappa shape index (κ2) is 13.7. The van der Waals surface area contributed by atoms with Crippen LogP contribution < -0.4 is 11.3 Å². The number of hydrazine groups is 1. The molecular weight excluding hydrogens is 402 g/mol. The van der Waals surface area contributed by atoms with E-state index < -0.39 is 16.3 Å². The lowest BCUT2D eigenvalue weighted by atomic mass is 10.1. The first kappa shape index (κ1) is 26.7. The van der Waals surface area contributed by atoms with Crippen LogP contribution in [0.25, 0.3) is 0 Å². The van der Waals surface area contributed by atoms with Gasteiger partial charge >= 0.3 is 0 Å². The Kier molecular flexibility index (Phi) is 14.1. The monoisotopic (exact) mass is 422 g/mol. The number of nitrogens with two attached hydrogens (primary N) is 1. The summed E-state index contributed by atoms with van der Waals surface area (Å²) in [4.78, 5) is 20.8. The normalized spacial score (nSPS) is 9.50. The highest BCUT2D eigenvalue weighted by atomic mass is 35.5. The Balaban J connectivity index is 0. The van der Waals surface area contributed by atoms with Gasteiger partial charge in [-0.1, -0.05) is 42.5 Å². The van der Waals surface area contributed by atoms with Gasteiger partial charge in [-0.15, -0.1) is 12.4 Å². The summed E-state index contributed by atoms with van der Waals surface area (Å²) in [6.07, 6.45) is 0. The van der Waals surface area contributed by atoms with Crippen molar-refractivity contribution in [3.8, 4) is 0 Å². The average molecular weight is 424 g/mol. The van der Waals surface area contributed by atoms with Gasteiger partial charge in [-0.2, -0.15) is 0 Å². The Bertz CT molecular complexity index is 678. The molecule has 0 radical (unpaired) electrons. The average Bonchev–Trinajstić information content (AvgIpc) is 2.56. The maximum absolute atomic E-state index is 12.5. The van der Waals surface area contributed by atoms with E-state index in [1.807, 2.05) is 26.8 Å². The molecule has 0 atom stereocenters. The molecule has 0 saturated carbocycles. The van der Waals surface area contributed by atoms with Crippen molar-refractivity contribution in [3.63, 3.8) is 0 Å². The number of hydrogen-bond acceptors (Lipinski definition) is 4. The molecule has 2 aromatic carbocycles. The lowest BCUT2D eigenvalue weighted by Crippen LogP contribution is -2.41. The molecule has 0 unspecified atom stereocenters. The standard InChI is InChI=1S/C7H4ClFO.C7H5ClO.C4H12N2.ClH/c8-7(10)5-3-1-2-4-6(5)9;8-7(9)6-4-2-1-3-5-6;1-4(2,3)6-5;/h1-4H;1-5H;6H,5H2,1-3H3;1H. The van der Waals surface area contributed by atoms with E-state index in [0.29, 0.717) is 5.56 Å². The van der Waals surface area contributed by atoms with E-state index in [2.05, 4.69) is 5.43 Å². The Morgan fingerprint density at radius 3 is 1.62 bits per heavy atom. The Hall–Kier alpha value is -1.50. The summed E-state index contributed by atoms with van der Waals surface area (Å²) in [6, 6.07) is 14.3. The molecule has 3 N–H and O–H groups in total. The van der Waals surface area contributed by atoms with Crippen molar-refractivity contribution in [1.29, 1.82) is 0 Å². The predicted octanol–water partition coefficient (Wildman–Crippen LogP) is 4.94. The van der Waals surface area contributed by atoms with Crippen molar-refractivity contribution in [3.05, 3.63) is 71.5 Å². The first-order chi connectivity index (χ1) is 11.6. The quantitative estimate of drug-likeness (QED) is 0.408. The van der Waals surface area contributed by atoms with Crippen LogP contribution >= 0.6 is 35.6 Å². The Morgan fingerprint density at radius 1 is 0.923 bits per heavy atom. The lowest BCUT2D eigenvalue weighted by molar-refractivity contribution is 0.107. The minimum Gasteiger partial charge on any atom is -0.276 e. The van der Waals surface area contributed by atoms with Gasteiger partial charge in [0.15, 0.2) is 0 Å². The molecule has 144 valence electrons. The van der Waals surface area contributed by atoms with Gasteiger partial charge in [0, 0.05) is 11.1 Å². The molecule has 4 nitrogen and oxygen atoms in total. The fourth-order valence-corrected chi connectivity index (χ4v) is 1.47. The molecule has 2 rings (SSSR count). The number of nitrogens with one attached hydrogen (secondary N) is 1. The van der Waals surface area contributed by atoms with Crippen molar-refractivity contribution in [2.24, 2.45) is 5.84 Å². The molecule has 0 amide bonds. The maximum atomic E-state index is 12.5. The number of carbonyl (C=O) groups is 2. The van der Waals surface area contributed by atoms with Crippen LogP contribution in [0.2, 0.25) is 0 Å². The van der Waals surface area contributed by atoms with E-state index >= 15 is 0 Å². The van der Waals surface area contributed by atoms with Crippen LogP contribution in [0.4, 0.5) is 4.39 Å². The number of rotatable bonds is 2. The lowest BCUT2D eigenvalue weighted by Gasteiger charge is -2.14. The summed E-state index contributed by atoms with van der Waals surface area (Å²) >= 11 is 10.2. The first-order valence-corrected chi connectivity index (χ1v) is 8.01. The van der Waals surface area contributed by atoms with Gasteiger partial charge in [-0.25, -0.2) is 4.39 Å². The van der Waals surface area contributed by atoms with Crippen molar-refractivity contribution < 1.29 is 14.0 Å². The van der Waals surface area contributed by atoms with E-state index in [1.165, 1.54) is 18.2 Å². The Labute approximate surface area is 169 Å². The zero-order chi connectivity index (χ0) is 19.5. The van der Waals surface area contributed by atoms with E-state index in [-0.39, 0.29) is 23.5 Å². The summed E-state index contributed by atoms with van der Waals surface area (Å²) in [6.45, 7) is 6.02. The SMILES string of the molecule is CC(C)(C)NN.Cl.O=C(Cl)c1ccccc1.O=C(Cl)c1ccccc1F. The number of halogens is 4. The third-order valence-electron chi connectivity index (χ3n) is 2.52. The topological polar surface area (TPSA) is 72.2 Å². The number of hydrogen-bond donors (Lipinski definition) is 2. The van der Waals surface area contributed by atoms with E-state index in [1.54, 1.807) is 30.3 Å². The van der Waals surface area contributed by atoms with Crippen LogP contribution in [0.5, 0.6) is 0 Å². The first-order valence-electron chi connectivity index (χ1n) is 7.25. The zero-order valence-electron chi connectivity index (χ0n) is 14.6. The molecule has 26 heavy (non-hydrogen) atoms. The molecule has 2 aromatic rings. The van der Waals surface area contributed by atoms with Gasteiger partial charge in [0.1, 0.15) is 5.82 Å². The molecular formula is C18H22Cl3FN2O2. The molecule has 0 fully saturated rings. The number of carbonyl (C=O) groups excluding carboxylic acids is 2. The summed E-state index contributed by atoms with van der Waals surface area (Å²) < 4.78 is 12.5. The van der Waals surface area contributed by atoms with Crippen LogP contribution in [-0.4, -0.2) is 16.0 Å². The molecule has 0 aromatic heterocycles. The van der Waals surface area contributed by atoms with E-state index in [9.17, 15) is 14.0 Å². The van der Waals surface area contributed by atoms with Crippen molar-refractivity contribution in [2.75, 3.05) is 0 Å². The molecule has 0 heterocycles. The largest absolute Gasteiger partial charge is 0.276 e. The molecule has 0 aliphatic carbocycles.